The highest BCUT2D eigenvalue weighted by atomic mass is 16.5. The van der Waals surface area contributed by atoms with E-state index in [1.54, 1.807) is 0 Å². The van der Waals surface area contributed by atoms with Gasteiger partial charge in [0, 0.05) is 5.69 Å². The summed E-state index contributed by atoms with van der Waals surface area (Å²) >= 11 is 0. The molecule has 20 heavy (non-hydrogen) atoms. The predicted octanol–water partition coefficient (Wildman–Crippen LogP) is 3.06. The topological polar surface area (TPSA) is 55.4 Å². The van der Waals surface area contributed by atoms with Crippen LogP contribution in [0.15, 0.2) is 24.3 Å². The summed E-state index contributed by atoms with van der Waals surface area (Å²) < 4.78 is 5.09. The van der Waals surface area contributed by atoms with Gasteiger partial charge in [0.15, 0.2) is 6.61 Å². The second kappa shape index (κ2) is 7.08. The van der Waals surface area contributed by atoms with Crippen LogP contribution in [0.4, 0.5) is 5.69 Å². The number of carbonyl (C=O) groups is 2. The Balaban J connectivity index is 1.74. The Labute approximate surface area is 119 Å². The van der Waals surface area contributed by atoms with E-state index in [0.717, 1.165) is 31.2 Å². The van der Waals surface area contributed by atoms with Gasteiger partial charge >= 0.3 is 5.97 Å². The van der Waals surface area contributed by atoms with Crippen molar-refractivity contribution >= 4 is 17.6 Å². The molecule has 4 nitrogen and oxygen atoms in total. The van der Waals surface area contributed by atoms with Gasteiger partial charge in [-0.15, -0.1) is 0 Å². The Morgan fingerprint density at radius 2 is 1.80 bits per heavy atom. The van der Waals surface area contributed by atoms with E-state index in [-0.39, 0.29) is 24.4 Å². The van der Waals surface area contributed by atoms with E-state index >= 15 is 0 Å². The number of amides is 1. The van der Waals surface area contributed by atoms with Gasteiger partial charge in [-0.1, -0.05) is 37.0 Å². The summed E-state index contributed by atoms with van der Waals surface area (Å²) in [4.78, 5) is 23.5. The predicted molar refractivity (Wildman–Crippen MR) is 77.3 cm³/mol. The molecule has 0 heterocycles. The molecule has 0 aliphatic heterocycles. The fraction of sp³-hybridized carbons (Fsp3) is 0.500. The number of aryl methyl sites for hydroxylation is 1. The Hall–Kier alpha value is -1.84. The molecule has 1 aromatic carbocycles. The van der Waals surface area contributed by atoms with Gasteiger partial charge in [-0.2, -0.15) is 0 Å². The number of rotatable bonds is 4. The Morgan fingerprint density at radius 1 is 1.15 bits per heavy atom. The number of esters is 1. The van der Waals surface area contributed by atoms with Crippen molar-refractivity contribution < 1.29 is 14.3 Å². The van der Waals surface area contributed by atoms with Crippen molar-refractivity contribution in [1.82, 2.24) is 0 Å². The summed E-state index contributed by atoms with van der Waals surface area (Å²) in [6, 6.07) is 7.50. The van der Waals surface area contributed by atoms with Crippen molar-refractivity contribution in [3.63, 3.8) is 0 Å². The van der Waals surface area contributed by atoms with Gasteiger partial charge in [-0.05, 0) is 31.9 Å². The van der Waals surface area contributed by atoms with Crippen molar-refractivity contribution in [2.24, 2.45) is 5.92 Å². The summed E-state index contributed by atoms with van der Waals surface area (Å²) in [6.07, 6.45) is 5.12. The van der Waals surface area contributed by atoms with Crippen molar-refractivity contribution in [3.05, 3.63) is 29.8 Å². The first-order chi connectivity index (χ1) is 9.65. The van der Waals surface area contributed by atoms with E-state index in [9.17, 15) is 9.59 Å². The number of carbonyl (C=O) groups excluding carboxylic acids is 2. The third kappa shape index (κ3) is 4.37. The van der Waals surface area contributed by atoms with E-state index in [0.29, 0.717) is 5.69 Å². The Kier molecular flexibility index (Phi) is 5.16. The van der Waals surface area contributed by atoms with Gasteiger partial charge in [-0.25, -0.2) is 0 Å². The summed E-state index contributed by atoms with van der Waals surface area (Å²) in [5.41, 5.74) is 1.85. The minimum atomic E-state index is -0.294. The van der Waals surface area contributed by atoms with E-state index < -0.39 is 0 Å². The second-order valence-corrected chi connectivity index (χ2v) is 5.36. The van der Waals surface area contributed by atoms with E-state index in [1.807, 2.05) is 31.2 Å². The van der Waals surface area contributed by atoms with Gasteiger partial charge in [0.25, 0.3) is 5.91 Å². The number of ether oxygens (including phenoxy) is 1. The molecule has 2 rings (SSSR count). The maximum Gasteiger partial charge on any atom is 0.309 e. The zero-order valence-electron chi connectivity index (χ0n) is 11.9. The first-order valence-electron chi connectivity index (χ1n) is 7.18. The molecule has 1 amide bonds. The lowest BCUT2D eigenvalue weighted by Gasteiger charge is -2.19. The van der Waals surface area contributed by atoms with Crippen molar-refractivity contribution in [1.29, 1.82) is 0 Å². The van der Waals surface area contributed by atoms with Crippen LogP contribution in [0.5, 0.6) is 0 Å². The molecule has 1 N–H and O–H groups in total. The van der Waals surface area contributed by atoms with Crippen LogP contribution in [-0.4, -0.2) is 18.5 Å². The minimum absolute atomic E-state index is 0.0177. The molecule has 0 spiro atoms. The standard InChI is InChI=1S/C16H21NO3/c1-12-7-9-14(10-8-12)17-15(18)11-20-16(19)13-5-3-2-4-6-13/h7-10,13H,2-6,11H2,1H3,(H,17,18). The van der Waals surface area contributed by atoms with Crippen molar-refractivity contribution in [3.8, 4) is 0 Å². The molecule has 4 heteroatoms. The molecule has 1 aliphatic rings. The van der Waals surface area contributed by atoms with Crippen LogP contribution in [0.1, 0.15) is 37.7 Å². The molecule has 1 aliphatic carbocycles. The van der Waals surface area contributed by atoms with Crippen LogP contribution in [0.3, 0.4) is 0 Å². The monoisotopic (exact) mass is 275 g/mol. The fourth-order valence-electron chi connectivity index (χ4n) is 2.43. The lowest BCUT2D eigenvalue weighted by molar-refractivity contribution is -0.152. The van der Waals surface area contributed by atoms with E-state index in [4.69, 9.17) is 4.74 Å². The number of nitrogens with one attached hydrogen (secondary N) is 1. The van der Waals surface area contributed by atoms with Crippen LogP contribution < -0.4 is 5.32 Å². The zero-order chi connectivity index (χ0) is 14.4. The van der Waals surface area contributed by atoms with Gasteiger partial charge in [0.2, 0.25) is 0 Å². The van der Waals surface area contributed by atoms with E-state index in [1.165, 1.54) is 6.42 Å². The summed E-state index contributed by atoms with van der Waals surface area (Å²) in [7, 11) is 0. The minimum Gasteiger partial charge on any atom is -0.455 e. The highest BCUT2D eigenvalue weighted by molar-refractivity contribution is 5.92. The fourth-order valence-corrected chi connectivity index (χ4v) is 2.43. The molecule has 1 saturated carbocycles. The molecular formula is C16H21NO3. The summed E-state index contributed by atoms with van der Waals surface area (Å²) in [5.74, 6) is -0.544. The lowest BCUT2D eigenvalue weighted by atomic mass is 9.89. The van der Waals surface area contributed by atoms with Crippen LogP contribution >= 0.6 is 0 Å². The number of anilines is 1. The first kappa shape index (κ1) is 14.6. The number of benzene rings is 1. The molecule has 1 aromatic rings. The van der Waals surface area contributed by atoms with Gasteiger partial charge in [0.1, 0.15) is 0 Å². The average Bonchev–Trinajstić information content (AvgIpc) is 2.48. The van der Waals surface area contributed by atoms with Crippen LogP contribution in [0.2, 0.25) is 0 Å². The van der Waals surface area contributed by atoms with Gasteiger partial charge in [0.05, 0.1) is 5.92 Å². The highest BCUT2D eigenvalue weighted by Crippen LogP contribution is 2.24. The molecular weight excluding hydrogens is 254 g/mol. The molecule has 0 atom stereocenters. The molecule has 108 valence electrons. The molecule has 0 aromatic heterocycles. The van der Waals surface area contributed by atoms with Crippen LogP contribution in [0, 0.1) is 12.8 Å². The molecule has 0 saturated heterocycles. The number of hydrogen-bond acceptors (Lipinski definition) is 3. The molecule has 1 fully saturated rings. The SMILES string of the molecule is Cc1ccc(NC(=O)COC(=O)C2CCCCC2)cc1. The lowest BCUT2D eigenvalue weighted by Crippen LogP contribution is -2.26. The first-order valence-corrected chi connectivity index (χ1v) is 7.18. The largest absolute Gasteiger partial charge is 0.455 e. The normalized spacial score (nSPS) is 15.7. The second-order valence-electron chi connectivity index (χ2n) is 5.36. The number of hydrogen-bond donors (Lipinski definition) is 1. The van der Waals surface area contributed by atoms with Crippen LogP contribution in [-0.2, 0) is 14.3 Å². The Morgan fingerprint density at radius 3 is 2.45 bits per heavy atom. The smallest absolute Gasteiger partial charge is 0.309 e. The Bertz CT molecular complexity index is 461. The maximum atomic E-state index is 11.8. The summed E-state index contributed by atoms with van der Waals surface area (Å²) in [6.45, 7) is 1.78. The van der Waals surface area contributed by atoms with E-state index in [2.05, 4.69) is 5.32 Å². The quantitative estimate of drug-likeness (QED) is 0.859. The average molecular weight is 275 g/mol. The third-order valence-corrected chi connectivity index (χ3v) is 3.62. The van der Waals surface area contributed by atoms with Crippen molar-refractivity contribution in [2.45, 2.75) is 39.0 Å². The third-order valence-electron chi connectivity index (χ3n) is 3.62. The summed E-state index contributed by atoms with van der Waals surface area (Å²) in [5, 5.41) is 2.71. The van der Waals surface area contributed by atoms with Crippen LogP contribution in [0.25, 0.3) is 0 Å². The molecule has 0 bridgehead atoms. The maximum absolute atomic E-state index is 11.8. The van der Waals surface area contributed by atoms with Crippen molar-refractivity contribution in [2.75, 3.05) is 11.9 Å². The molecule has 0 radical (unpaired) electrons. The zero-order valence-corrected chi connectivity index (χ0v) is 11.9. The van der Waals surface area contributed by atoms with Gasteiger partial charge < -0.3 is 10.1 Å². The van der Waals surface area contributed by atoms with Gasteiger partial charge in [-0.3, -0.25) is 9.59 Å². The highest BCUT2D eigenvalue weighted by Gasteiger charge is 2.22. The molecule has 0 unspecified atom stereocenters.